The summed E-state index contributed by atoms with van der Waals surface area (Å²) in [4.78, 5) is 25.6. The summed E-state index contributed by atoms with van der Waals surface area (Å²) in [5, 5.41) is 9.75. The molecule has 1 aliphatic carbocycles. The van der Waals surface area contributed by atoms with Gasteiger partial charge in [0, 0.05) is 19.4 Å². The quantitative estimate of drug-likeness (QED) is 0.840. The van der Waals surface area contributed by atoms with E-state index in [0.29, 0.717) is 12.8 Å². The van der Waals surface area contributed by atoms with Crippen LogP contribution in [0.2, 0.25) is 0 Å². The largest absolute Gasteiger partial charge is 0.467 e. The van der Waals surface area contributed by atoms with Gasteiger partial charge in [-0.3, -0.25) is 4.79 Å². The summed E-state index contributed by atoms with van der Waals surface area (Å²) in [6.07, 6.45) is 1.53. The minimum absolute atomic E-state index is 0.00171. The molecule has 0 radical (unpaired) electrons. The Hall–Kier alpha value is -2.02. The molecule has 3 unspecified atom stereocenters. The predicted molar refractivity (Wildman–Crippen MR) is 84.8 cm³/mol. The van der Waals surface area contributed by atoms with Gasteiger partial charge in [-0.25, -0.2) is 13.6 Å². The zero-order chi connectivity index (χ0) is 18.1. The summed E-state index contributed by atoms with van der Waals surface area (Å²) >= 11 is 0. The smallest absolute Gasteiger partial charge is 0.328 e. The Labute approximate surface area is 144 Å². The van der Waals surface area contributed by atoms with E-state index in [1.807, 2.05) is 0 Å². The van der Waals surface area contributed by atoms with Crippen molar-refractivity contribution in [3.8, 4) is 0 Å². The van der Waals surface area contributed by atoms with E-state index in [4.69, 9.17) is 4.74 Å². The highest BCUT2D eigenvalue weighted by Gasteiger charge is 2.39. The van der Waals surface area contributed by atoms with E-state index in [2.05, 4.69) is 0 Å². The number of esters is 1. The van der Waals surface area contributed by atoms with Crippen molar-refractivity contribution >= 4 is 11.9 Å². The van der Waals surface area contributed by atoms with Crippen LogP contribution in [-0.4, -0.2) is 47.7 Å². The monoisotopic (exact) mass is 353 g/mol. The minimum Gasteiger partial charge on any atom is -0.467 e. The number of hydrogen-bond donors (Lipinski definition) is 1. The van der Waals surface area contributed by atoms with Crippen LogP contribution in [0.5, 0.6) is 0 Å². The predicted octanol–water partition coefficient (Wildman–Crippen LogP) is 1.91. The lowest BCUT2D eigenvalue weighted by Gasteiger charge is -2.23. The van der Waals surface area contributed by atoms with Gasteiger partial charge in [0.2, 0.25) is 5.91 Å². The number of carbonyl (C=O) groups is 2. The molecular weight excluding hydrogens is 332 g/mol. The number of halogens is 2. The van der Waals surface area contributed by atoms with Crippen molar-refractivity contribution in [3.05, 3.63) is 34.9 Å². The van der Waals surface area contributed by atoms with Gasteiger partial charge >= 0.3 is 5.97 Å². The van der Waals surface area contributed by atoms with E-state index < -0.39 is 29.7 Å². The van der Waals surface area contributed by atoms with Gasteiger partial charge in [0.1, 0.15) is 6.04 Å². The van der Waals surface area contributed by atoms with Crippen molar-refractivity contribution in [1.29, 1.82) is 0 Å². The second kappa shape index (κ2) is 7.07. The molecule has 3 rings (SSSR count). The third-order valence-electron chi connectivity index (χ3n) is 5.16. The zero-order valence-corrected chi connectivity index (χ0v) is 14.0. The third kappa shape index (κ3) is 3.51. The fourth-order valence-electron chi connectivity index (χ4n) is 3.88. The highest BCUT2D eigenvalue weighted by atomic mass is 19.2. The second-order valence-corrected chi connectivity index (χ2v) is 6.71. The van der Waals surface area contributed by atoms with Gasteiger partial charge in [-0.05, 0) is 48.4 Å². The van der Waals surface area contributed by atoms with Gasteiger partial charge in [-0.15, -0.1) is 0 Å². The van der Waals surface area contributed by atoms with Crippen molar-refractivity contribution in [3.63, 3.8) is 0 Å². The first kappa shape index (κ1) is 17.8. The molecule has 1 aliphatic heterocycles. The summed E-state index contributed by atoms with van der Waals surface area (Å²) in [6, 6.07) is 1.70. The van der Waals surface area contributed by atoms with Crippen molar-refractivity contribution in [2.75, 3.05) is 13.7 Å². The lowest BCUT2D eigenvalue weighted by Crippen LogP contribution is -2.41. The fraction of sp³-hybridized carbons (Fsp3) is 0.556. The zero-order valence-electron chi connectivity index (χ0n) is 14.0. The number of likely N-dealkylation sites (tertiary alicyclic amines) is 1. The highest BCUT2D eigenvalue weighted by Crippen LogP contribution is 2.37. The van der Waals surface area contributed by atoms with Gasteiger partial charge in [0.05, 0.1) is 13.2 Å². The lowest BCUT2D eigenvalue weighted by atomic mass is 9.95. The summed E-state index contributed by atoms with van der Waals surface area (Å²) in [5.41, 5.74) is 1.55. The van der Waals surface area contributed by atoms with Gasteiger partial charge < -0.3 is 14.7 Å². The highest BCUT2D eigenvalue weighted by molar-refractivity contribution is 5.85. The Morgan fingerprint density at radius 1 is 1.32 bits per heavy atom. The number of β-amino-alcohol motifs (C(OH)–C–C–N with tert-alkyl or cyclic N) is 1. The number of aryl methyl sites for hydroxylation is 1. The van der Waals surface area contributed by atoms with E-state index in [1.54, 1.807) is 0 Å². The van der Waals surface area contributed by atoms with E-state index in [1.165, 1.54) is 24.1 Å². The molecule has 0 bridgehead atoms. The van der Waals surface area contributed by atoms with Gasteiger partial charge in [0.25, 0.3) is 0 Å². The summed E-state index contributed by atoms with van der Waals surface area (Å²) in [5.74, 6) is -2.48. The van der Waals surface area contributed by atoms with Crippen LogP contribution >= 0.6 is 0 Å². The molecule has 1 fully saturated rings. The van der Waals surface area contributed by atoms with Crippen LogP contribution in [0.4, 0.5) is 8.78 Å². The molecule has 136 valence electrons. The van der Waals surface area contributed by atoms with Crippen LogP contribution in [0.25, 0.3) is 0 Å². The average molecular weight is 353 g/mol. The van der Waals surface area contributed by atoms with Gasteiger partial charge in [-0.1, -0.05) is 0 Å². The molecule has 2 aliphatic rings. The second-order valence-electron chi connectivity index (χ2n) is 6.71. The Kier molecular flexibility index (Phi) is 5.03. The first-order chi connectivity index (χ1) is 11.9. The average Bonchev–Trinajstić information content (AvgIpc) is 3.16. The molecule has 1 aromatic carbocycles. The number of ether oxygens (including phenoxy) is 1. The van der Waals surface area contributed by atoms with Crippen molar-refractivity contribution in [2.45, 2.75) is 50.2 Å². The molecule has 1 saturated heterocycles. The number of rotatable bonds is 4. The summed E-state index contributed by atoms with van der Waals surface area (Å²) in [7, 11) is 1.25. The fourth-order valence-corrected chi connectivity index (χ4v) is 3.88. The Balaban J connectivity index is 1.64. The maximum absolute atomic E-state index is 13.5. The number of amides is 1. The van der Waals surface area contributed by atoms with Crippen molar-refractivity contribution in [2.24, 2.45) is 0 Å². The molecular formula is C18H21F2NO4. The molecule has 3 atom stereocenters. The lowest BCUT2D eigenvalue weighted by molar-refractivity contribution is -0.151. The van der Waals surface area contributed by atoms with Crippen LogP contribution in [0.3, 0.4) is 0 Å². The number of aliphatic hydroxyl groups excluding tert-OH is 1. The molecule has 0 saturated carbocycles. The number of aliphatic hydroxyl groups is 1. The molecule has 1 N–H and O–H groups in total. The Morgan fingerprint density at radius 3 is 2.76 bits per heavy atom. The topological polar surface area (TPSA) is 66.8 Å². The molecule has 1 amide bonds. The molecule has 25 heavy (non-hydrogen) atoms. The van der Waals surface area contributed by atoms with Crippen molar-refractivity contribution < 1.29 is 28.2 Å². The van der Waals surface area contributed by atoms with E-state index >= 15 is 0 Å². The molecule has 5 nitrogen and oxygen atoms in total. The van der Waals surface area contributed by atoms with E-state index in [-0.39, 0.29) is 31.2 Å². The van der Waals surface area contributed by atoms with Crippen molar-refractivity contribution in [1.82, 2.24) is 4.90 Å². The first-order valence-corrected chi connectivity index (χ1v) is 8.44. The van der Waals surface area contributed by atoms with Crippen LogP contribution in [0.15, 0.2) is 12.1 Å². The maximum Gasteiger partial charge on any atom is 0.328 e. The number of hydrogen-bond acceptors (Lipinski definition) is 4. The molecule has 0 spiro atoms. The third-order valence-corrected chi connectivity index (χ3v) is 5.16. The van der Waals surface area contributed by atoms with Crippen LogP contribution in [0, 0.1) is 11.6 Å². The normalized spacial score (nSPS) is 25.1. The first-order valence-electron chi connectivity index (χ1n) is 8.44. The maximum atomic E-state index is 13.5. The number of carbonyl (C=O) groups excluding carboxylic acids is 2. The van der Waals surface area contributed by atoms with Crippen LogP contribution in [-0.2, 0) is 20.7 Å². The summed E-state index contributed by atoms with van der Waals surface area (Å²) < 4.78 is 31.5. The Morgan fingerprint density at radius 2 is 2.04 bits per heavy atom. The molecule has 7 heteroatoms. The SMILES string of the molecule is COC(=O)C1CC(O)CN1C(=O)CCC1CCc2cc(F)c(F)cc21. The Bertz CT molecular complexity index is 694. The van der Waals surface area contributed by atoms with Gasteiger partial charge in [0.15, 0.2) is 11.6 Å². The molecule has 1 heterocycles. The molecule has 0 aromatic heterocycles. The number of nitrogens with zero attached hydrogens (tertiary/aromatic N) is 1. The number of benzene rings is 1. The van der Waals surface area contributed by atoms with E-state index in [9.17, 15) is 23.5 Å². The number of methoxy groups -OCH3 is 1. The standard InChI is InChI=1S/C18H21F2NO4/c1-25-18(24)16-7-12(22)9-21(16)17(23)5-4-10-2-3-11-6-14(19)15(20)8-13(10)11/h6,8,10,12,16,22H,2-5,7,9H2,1H3. The van der Waals surface area contributed by atoms with Crippen LogP contribution in [0.1, 0.15) is 42.7 Å². The minimum atomic E-state index is -0.870. The molecule has 1 aromatic rings. The van der Waals surface area contributed by atoms with Gasteiger partial charge in [-0.2, -0.15) is 0 Å². The summed E-state index contributed by atoms with van der Waals surface area (Å²) in [6.45, 7) is 0.111. The van der Waals surface area contributed by atoms with E-state index in [0.717, 1.165) is 17.5 Å². The number of fused-ring (bicyclic) bond motifs is 1. The van der Waals surface area contributed by atoms with Crippen LogP contribution < -0.4 is 0 Å².